The van der Waals surface area contributed by atoms with E-state index >= 15 is 0 Å². The van der Waals surface area contributed by atoms with Gasteiger partial charge in [-0.2, -0.15) is 0 Å². The summed E-state index contributed by atoms with van der Waals surface area (Å²) < 4.78 is 7.00. The number of esters is 1. The highest BCUT2D eigenvalue weighted by Crippen LogP contribution is 2.24. The SMILES string of the molecule is COC(=O)c1ccc2ccn(Cc3ccc(C)nc3)c2c1C. The van der Waals surface area contributed by atoms with Crippen LogP contribution in [0.2, 0.25) is 0 Å². The van der Waals surface area contributed by atoms with Crippen LogP contribution < -0.4 is 0 Å². The fourth-order valence-electron chi connectivity index (χ4n) is 2.73. The molecule has 0 aliphatic rings. The Morgan fingerprint density at radius 1 is 1.18 bits per heavy atom. The number of benzene rings is 1. The van der Waals surface area contributed by atoms with E-state index in [-0.39, 0.29) is 5.97 Å². The van der Waals surface area contributed by atoms with Crippen LogP contribution in [0.15, 0.2) is 42.7 Å². The van der Waals surface area contributed by atoms with E-state index in [2.05, 4.69) is 21.7 Å². The fraction of sp³-hybridized carbons (Fsp3) is 0.222. The number of hydrogen-bond acceptors (Lipinski definition) is 3. The van der Waals surface area contributed by atoms with Gasteiger partial charge in [-0.25, -0.2) is 4.79 Å². The predicted octanol–water partition coefficient (Wildman–Crippen LogP) is 3.49. The summed E-state index contributed by atoms with van der Waals surface area (Å²) in [6.45, 7) is 4.66. The first-order valence-electron chi connectivity index (χ1n) is 7.18. The third-order valence-corrected chi connectivity index (χ3v) is 3.91. The molecule has 0 atom stereocenters. The first-order valence-corrected chi connectivity index (χ1v) is 7.18. The van der Waals surface area contributed by atoms with E-state index in [1.807, 2.05) is 44.4 Å². The van der Waals surface area contributed by atoms with Crippen LogP contribution in [0.3, 0.4) is 0 Å². The Hall–Kier alpha value is -2.62. The molecule has 1 aromatic carbocycles. The highest BCUT2D eigenvalue weighted by atomic mass is 16.5. The van der Waals surface area contributed by atoms with Gasteiger partial charge in [-0.15, -0.1) is 0 Å². The summed E-state index contributed by atoms with van der Waals surface area (Å²) in [6.07, 6.45) is 3.93. The van der Waals surface area contributed by atoms with E-state index in [0.29, 0.717) is 5.56 Å². The summed E-state index contributed by atoms with van der Waals surface area (Å²) in [5, 5.41) is 1.12. The maximum atomic E-state index is 11.9. The van der Waals surface area contributed by atoms with Crippen LogP contribution >= 0.6 is 0 Å². The van der Waals surface area contributed by atoms with E-state index in [1.54, 1.807) is 0 Å². The summed E-state index contributed by atoms with van der Waals surface area (Å²) in [5.74, 6) is -0.302. The Balaban J connectivity index is 2.06. The smallest absolute Gasteiger partial charge is 0.338 e. The lowest BCUT2D eigenvalue weighted by Gasteiger charge is -2.10. The van der Waals surface area contributed by atoms with Gasteiger partial charge in [0.15, 0.2) is 0 Å². The molecule has 0 radical (unpaired) electrons. The number of rotatable bonds is 3. The van der Waals surface area contributed by atoms with E-state index < -0.39 is 0 Å². The second-order valence-corrected chi connectivity index (χ2v) is 5.42. The Morgan fingerprint density at radius 2 is 2.00 bits per heavy atom. The van der Waals surface area contributed by atoms with Crippen molar-refractivity contribution in [3.63, 3.8) is 0 Å². The van der Waals surface area contributed by atoms with Gasteiger partial charge in [-0.1, -0.05) is 12.1 Å². The van der Waals surface area contributed by atoms with Gasteiger partial charge in [-0.3, -0.25) is 4.98 Å². The predicted molar refractivity (Wildman–Crippen MR) is 86.1 cm³/mol. The number of pyridine rings is 1. The molecule has 0 bridgehead atoms. The monoisotopic (exact) mass is 294 g/mol. The van der Waals surface area contributed by atoms with Crippen molar-refractivity contribution in [1.82, 2.24) is 9.55 Å². The van der Waals surface area contributed by atoms with Gasteiger partial charge in [0.25, 0.3) is 0 Å². The van der Waals surface area contributed by atoms with Crippen LogP contribution in [0.5, 0.6) is 0 Å². The number of carbonyl (C=O) groups excluding carboxylic acids is 1. The van der Waals surface area contributed by atoms with E-state index in [0.717, 1.165) is 34.3 Å². The van der Waals surface area contributed by atoms with Gasteiger partial charge in [0.05, 0.1) is 18.2 Å². The zero-order valence-corrected chi connectivity index (χ0v) is 13.0. The molecular weight excluding hydrogens is 276 g/mol. The molecule has 3 rings (SSSR count). The zero-order chi connectivity index (χ0) is 15.7. The lowest BCUT2D eigenvalue weighted by molar-refractivity contribution is 0.0600. The van der Waals surface area contributed by atoms with Gasteiger partial charge in [0.1, 0.15) is 0 Å². The summed E-state index contributed by atoms with van der Waals surface area (Å²) in [6, 6.07) is 9.92. The number of aromatic nitrogens is 2. The fourth-order valence-corrected chi connectivity index (χ4v) is 2.73. The van der Waals surface area contributed by atoms with Crippen LogP contribution in [-0.4, -0.2) is 22.6 Å². The number of fused-ring (bicyclic) bond motifs is 1. The highest BCUT2D eigenvalue weighted by Gasteiger charge is 2.14. The average Bonchev–Trinajstić information content (AvgIpc) is 2.93. The number of methoxy groups -OCH3 is 1. The molecule has 112 valence electrons. The first-order chi connectivity index (χ1) is 10.6. The molecule has 22 heavy (non-hydrogen) atoms. The summed E-state index contributed by atoms with van der Waals surface area (Å²) in [4.78, 5) is 16.2. The Kier molecular flexibility index (Phi) is 3.67. The lowest BCUT2D eigenvalue weighted by Crippen LogP contribution is -2.06. The van der Waals surface area contributed by atoms with Gasteiger partial charge in [-0.05, 0) is 48.6 Å². The van der Waals surface area contributed by atoms with E-state index in [9.17, 15) is 4.79 Å². The van der Waals surface area contributed by atoms with Crippen molar-refractivity contribution < 1.29 is 9.53 Å². The summed E-state index contributed by atoms with van der Waals surface area (Å²) in [5.41, 5.74) is 4.74. The molecule has 0 unspecified atom stereocenters. The van der Waals surface area contributed by atoms with Crippen molar-refractivity contribution in [1.29, 1.82) is 0 Å². The third kappa shape index (κ3) is 2.48. The van der Waals surface area contributed by atoms with Crippen molar-refractivity contribution in [2.45, 2.75) is 20.4 Å². The quantitative estimate of drug-likeness (QED) is 0.695. The largest absolute Gasteiger partial charge is 0.465 e. The van der Waals surface area contributed by atoms with Crippen molar-refractivity contribution in [3.8, 4) is 0 Å². The number of nitrogens with zero attached hydrogens (tertiary/aromatic N) is 2. The average molecular weight is 294 g/mol. The molecule has 0 spiro atoms. The molecular formula is C18H18N2O2. The zero-order valence-electron chi connectivity index (χ0n) is 13.0. The normalized spacial score (nSPS) is 10.9. The minimum absolute atomic E-state index is 0.302. The molecule has 3 aromatic rings. The molecule has 0 N–H and O–H groups in total. The van der Waals surface area contributed by atoms with Gasteiger partial charge >= 0.3 is 5.97 Å². The topological polar surface area (TPSA) is 44.1 Å². The van der Waals surface area contributed by atoms with Crippen molar-refractivity contribution in [2.75, 3.05) is 7.11 Å². The molecule has 0 aliphatic heterocycles. The van der Waals surface area contributed by atoms with Crippen LogP contribution in [-0.2, 0) is 11.3 Å². The third-order valence-electron chi connectivity index (χ3n) is 3.91. The Labute approximate surface area is 129 Å². The number of carbonyl (C=O) groups is 1. The van der Waals surface area contributed by atoms with Gasteiger partial charge in [0, 0.05) is 24.6 Å². The molecule has 0 saturated heterocycles. The number of ether oxygens (including phenoxy) is 1. The van der Waals surface area contributed by atoms with Crippen molar-refractivity contribution >= 4 is 16.9 Å². The molecule has 4 heteroatoms. The molecule has 0 aliphatic carbocycles. The van der Waals surface area contributed by atoms with E-state index in [4.69, 9.17) is 4.74 Å². The number of hydrogen-bond donors (Lipinski definition) is 0. The second-order valence-electron chi connectivity index (χ2n) is 5.42. The molecule has 0 amide bonds. The second kappa shape index (κ2) is 5.64. The van der Waals surface area contributed by atoms with Crippen molar-refractivity contribution in [3.05, 3.63) is 65.1 Å². The number of aryl methyl sites for hydroxylation is 2. The van der Waals surface area contributed by atoms with Crippen LogP contribution in [0.25, 0.3) is 10.9 Å². The summed E-state index contributed by atoms with van der Waals surface area (Å²) in [7, 11) is 1.41. The molecule has 4 nitrogen and oxygen atoms in total. The maximum Gasteiger partial charge on any atom is 0.338 e. The first kappa shape index (κ1) is 14.3. The van der Waals surface area contributed by atoms with Gasteiger partial charge < -0.3 is 9.30 Å². The van der Waals surface area contributed by atoms with E-state index in [1.165, 1.54) is 7.11 Å². The maximum absolute atomic E-state index is 11.9. The summed E-state index contributed by atoms with van der Waals surface area (Å²) >= 11 is 0. The van der Waals surface area contributed by atoms with Gasteiger partial charge in [0.2, 0.25) is 0 Å². The molecule has 2 heterocycles. The minimum atomic E-state index is -0.302. The molecule has 2 aromatic heterocycles. The molecule has 0 fully saturated rings. The van der Waals surface area contributed by atoms with Crippen LogP contribution in [0.4, 0.5) is 0 Å². The highest BCUT2D eigenvalue weighted by molar-refractivity contribution is 5.97. The Morgan fingerprint density at radius 3 is 2.68 bits per heavy atom. The van der Waals surface area contributed by atoms with Crippen LogP contribution in [0, 0.1) is 13.8 Å². The van der Waals surface area contributed by atoms with Crippen LogP contribution in [0.1, 0.15) is 27.2 Å². The standard InChI is InChI=1S/C18H18N2O2/c1-12-4-5-14(10-19-12)11-20-9-8-15-6-7-16(18(21)22-3)13(2)17(15)20/h4-10H,11H2,1-3H3. The molecule has 0 saturated carbocycles. The lowest BCUT2D eigenvalue weighted by atomic mass is 10.1. The van der Waals surface area contributed by atoms with Crippen molar-refractivity contribution in [2.24, 2.45) is 0 Å². The Bertz CT molecular complexity index is 832. The minimum Gasteiger partial charge on any atom is -0.465 e.